The number of nitriles is 2. The van der Waals surface area contributed by atoms with Crippen LogP contribution in [0.15, 0.2) is 99.5 Å². The lowest BCUT2D eigenvalue weighted by atomic mass is 9.82. The molecule has 3 aromatic rings. The van der Waals surface area contributed by atoms with E-state index >= 15 is 0 Å². The number of allylic oxidation sites excluding steroid dienone is 1. The number of esters is 10. The zero-order chi connectivity index (χ0) is 66.3. The Labute approximate surface area is 536 Å². The highest BCUT2D eigenvalue weighted by molar-refractivity contribution is 8.24. The maximum absolute atomic E-state index is 13.8. The molecule has 0 unspecified atom stereocenters. The van der Waals surface area contributed by atoms with Crippen molar-refractivity contribution in [3.63, 3.8) is 0 Å². The molecule has 3 aliphatic rings. The van der Waals surface area contributed by atoms with Gasteiger partial charge in [-0.2, -0.15) is 10.5 Å². The number of aryl methyl sites for hydroxylation is 1. The number of benzene rings is 3. The molecule has 484 valence electrons. The van der Waals surface area contributed by atoms with Gasteiger partial charge < -0.3 is 47.4 Å². The molecule has 0 radical (unpaired) electrons. The molecule has 0 bridgehead atoms. The van der Waals surface area contributed by atoms with Gasteiger partial charge in [0.2, 0.25) is 0 Å². The van der Waals surface area contributed by atoms with Crippen LogP contribution in [0.3, 0.4) is 0 Å². The highest BCUT2D eigenvalue weighted by atomic mass is 32.2. The Hall–Kier alpha value is -8.74. The molecule has 6 rings (SSSR count). The zero-order valence-corrected chi connectivity index (χ0v) is 53.2. The highest BCUT2D eigenvalue weighted by Gasteiger charge is 2.38. The van der Waals surface area contributed by atoms with E-state index in [4.69, 9.17) is 47.4 Å². The van der Waals surface area contributed by atoms with Gasteiger partial charge in [-0.05, 0) is 105 Å². The largest absolute Gasteiger partial charge is 0.465 e. The second-order valence-corrected chi connectivity index (χ2v) is 25.9. The molecule has 3 aromatic carbocycles. The summed E-state index contributed by atoms with van der Waals surface area (Å²) in [4.78, 5) is 127. The molecule has 2 aliphatic carbocycles. The molecule has 0 atom stereocenters. The third kappa shape index (κ3) is 22.9. The molecule has 0 spiro atoms. The van der Waals surface area contributed by atoms with Crippen LogP contribution in [0, 0.1) is 64.1 Å². The van der Waals surface area contributed by atoms with Gasteiger partial charge in [-0.1, -0.05) is 88.6 Å². The van der Waals surface area contributed by atoms with Crippen LogP contribution in [0.1, 0.15) is 121 Å². The summed E-state index contributed by atoms with van der Waals surface area (Å²) >= 11 is 2.12. The van der Waals surface area contributed by atoms with Crippen LogP contribution in [0.4, 0.5) is 0 Å². The summed E-state index contributed by atoms with van der Waals surface area (Å²) in [6.45, 7) is 15.5. The van der Waals surface area contributed by atoms with E-state index in [0.717, 1.165) is 46.8 Å². The van der Waals surface area contributed by atoms with Crippen LogP contribution in [-0.2, 0) is 89.2 Å². The fourth-order valence-corrected chi connectivity index (χ4v) is 12.0. The van der Waals surface area contributed by atoms with Gasteiger partial charge in [-0.3, -0.25) is 38.4 Å². The van der Waals surface area contributed by atoms with Crippen molar-refractivity contribution in [2.75, 3.05) is 39.6 Å². The number of hydrogen-bond acceptors (Lipinski definition) is 24. The lowest BCUT2D eigenvalue weighted by molar-refractivity contribution is -0.154. The second kappa shape index (κ2) is 34.5. The molecular weight excluding hydrogens is 1220 g/mol. The number of nitrogens with zero attached hydrogens (tertiary/aromatic N) is 2. The minimum Gasteiger partial charge on any atom is -0.465 e. The molecule has 1 heterocycles. The molecule has 91 heavy (non-hydrogen) atoms. The Morgan fingerprint density at radius 1 is 0.495 bits per heavy atom. The molecule has 0 aromatic heterocycles. The van der Waals surface area contributed by atoms with Crippen LogP contribution < -0.4 is 18.9 Å². The van der Waals surface area contributed by atoms with Gasteiger partial charge in [0.15, 0.2) is 0 Å². The average Bonchev–Trinajstić information content (AvgIpc) is 1.78. The molecule has 2 fully saturated rings. The van der Waals surface area contributed by atoms with Gasteiger partial charge in [0.25, 0.3) is 0 Å². The van der Waals surface area contributed by atoms with Gasteiger partial charge in [0.05, 0.1) is 103 Å². The van der Waals surface area contributed by atoms with Crippen LogP contribution in [0.25, 0.3) is 0 Å². The topological polar surface area (TPSA) is 311 Å². The van der Waals surface area contributed by atoms with Crippen molar-refractivity contribution in [2.24, 2.45) is 34.5 Å². The average molecular weight is 1290 g/mol. The first-order valence-corrected chi connectivity index (χ1v) is 31.3. The maximum atomic E-state index is 13.8. The standard InChI is InChI=1S/C67H74N2O20S2/c1-8-52(70)82-37-66(4,5)39-84-56(74)28-26-54(72)80-32-30-42-10-22-49(23-11-42)86-61(76)44-14-18-46(19-15-44)63(78)88-51-34-41(3)58(60-59(51)90-65(91-60)48(35-68)36-69)89-64(79)47-20-16-45(17-21-47)62(77)87-50-24-12-43(13-25-50)31-33-81-55(73)27-29-57(75)85-40-67(6,7)38-83-53(71)9-2/h8-13,22-25,34,44-47H,1-2,14-21,26-33,37-40H2,3-7H3. The minimum atomic E-state index is -0.633. The van der Waals surface area contributed by atoms with Crippen LogP contribution in [0.2, 0.25) is 0 Å². The predicted molar refractivity (Wildman–Crippen MR) is 327 cm³/mol. The van der Waals surface area contributed by atoms with Crippen molar-refractivity contribution in [2.45, 2.75) is 134 Å². The first-order valence-electron chi connectivity index (χ1n) is 29.7. The molecule has 2 saturated carbocycles. The lowest BCUT2D eigenvalue weighted by Gasteiger charge is -2.27. The third-order valence-electron chi connectivity index (χ3n) is 14.8. The quantitative estimate of drug-likeness (QED) is 0.0197. The molecule has 22 nitrogen and oxygen atoms in total. The number of carbonyl (C=O) groups is 10. The summed E-state index contributed by atoms with van der Waals surface area (Å²) in [5, 5.41) is 19.5. The van der Waals surface area contributed by atoms with Crippen LogP contribution in [-0.4, -0.2) is 99.3 Å². The number of carbonyl (C=O) groups excluding carboxylic acids is 10. The van der Waals surface area contributed by atoms with Crippen molar-refractivity contribution in [3.05, 3.63) is 106 Å². The molecule has 0 saturated heterocycles. The van der Waals surface area contributed by atoms with Crippen molar-refractivity contribution in [3.8, 4) is 35.1 Å². The first kappa shape index (κ1) is 71.3. The summed E-state index contributed by atoms with van der Waals surface area (Å²) in [6.07, 6.45) is 4.89. The number of rotatable bonds is 30. The van der Waals surface area contributed by atoms with Gasteiger partial charge in [0.1, 0.15) is 40.7 Å². The predicted octanol–water partition coefficient (Wildman–Crippen LogP) is 10.4. The Morgan fingerprint density at radius 2 is 0.835 bits per heavy atom. The SMILES string of the molecule is C=CC(=O)OCC(C)(C)COC(=O)CCC(=O)OCCc1ccc(OC(=O)C2CCC(C(=O)Oc3cc(C)c(OC(=O)C4CCC(C(=O)Oc5ccc(CCOC(=O)CCC(=O)OCC(C)(C)COC(=O)C=C)cc5)CC4)c4c3SC(=C(C#N)C#N)S4)CC2)cc1. The highest BCUT2D eigenvalue weighted by Crippen LogP contribution is 2.60. The van der Waals surface area contributed by atoms with Gasteiger partial charge in [-0.25, -0.2) is 9.59 Å². The van der Waals surface area contributed by atoms with Crippen LogP contribution >= 0.6 is 23.5 Å². The fourth-order valence-electron chi connectivity index (χ4n) is 9.44. The minimum absolute atomic E-state index is 0.0143. The number of thioether (sulfide) groups is 2. The maximum Gasteiger partial charge on any atom is 0.330 e. The van der Waals surface area contributed by atoms with E-state index in [1.807, 2.05) is 12.1 Å². The Bertz CT molecular complexity index is 3310. The van der Waals surface area contributed by atoms with E-state index in [2.05, 4.69) is 13.2 Å². The van der Waals surface area contributed by atoms with Gasteiger partial charge in [0, 0.05) is 35.8 Å². The first-order chi connectivity index (χ1) is 43.4. The molecule has 1 aliphatic heterocycles. The van der Waals surface area contributed by atoms with E-state index in [0.29, 0.717) is 95.3 Å². The summed E-state index contributed by atoms with van der Waals surface area (Å²) in [7, 11) is 0. The molecular formula is C67H74N2O20S2. The van der Waals surface area contributed by atoms with Gasteiger partial charge in [-0.15, -0.1) is 0 Å². The van der Waals surface area contributed by atoms with E-state index in [1.165, 1.54) is 0 Å². The molecule has 0 amide bonds. The van der Waals surface area contributed by atoms with E-state index in [1.54, 1.807) is 89.2 Å². The number of ether oxygens (including phenoxy) is 10. The zero-order valence-electron chi connectivity index (χ0n) is 51.6. The Balaban J connectivity index is 0.906. The second-order valence-electron chi connectivity index (χ2n) is 23.6. The monoisotopic (exact) mass is 1290 g/mol. The fraction of sp³-hybridized carbons (Fsp3) is 0.463. The lowest BCUT2D eigenvalue weighted by Crippen LogP contribution is -2.31. The summed E-state index contributed by atoms with van der Waals surface area (Å²) in [5.41, 5.74) is 0.642. The van der Waals surface area contributed by atoms with E-state index < -0.39 is 94.2 Å². The summed E-state index contributed by atoms with van der Waals surface area (Å²) in [6, 6.07) is 18.9. The molecule has 24 heteroatoms. The summed E-state index contributed by atoms with van der Waals surface area (Å²) < 4.78 is 54.9. The van der Waals surface area contributed by atoms with Crippen LogP contribution in [0.5, 0.6) is 23.0 Å². The third-order valence-corrected chi connectivity index (χ3v) is 17.4. The van der Waals surface area contributed by atoms with Crippen molar-refractivity contribution in [1.29, 1.82) is 10.5 Å². The van der Waals surface area contributed by atoms with E-state index in [9.17, 15) is 58.5 Å². The van der Waals surface area contributed by atoms with Crippen molar-refractivity contribution in [1.82, 2.24) is 0 Å². The van der Waals surface area contributed by atoms with Crippen molar-refractivity contribution >= 4 is 83.2 Å². The van der Waals surface area contributed by atoms with Gasteiger partial charge >= 0.3 is 59.7 Å². The summed E-state index contributed by atoms with van der Waals surface area (Å²) in [5.74, 6) is -6.52. The Morgan fingerprint density at radius 3 is 1.21 bits per heavy atom. The number of fused-ring (bicyclic) bond motifs is 1. The van der Waals surface area contributed by atoms with E-state index in [-0.39, 0.29) is 82.4 Å². The number of hydrogen-bond donors (Lipinski definition) is 0. The Kier molecular flexibility index (Phi) is 27.0. The smallest absolute Gasteiger partial charge is 0.330 e. The molecule has 0 N–H and O–H groups in total. The normalized spacial score (nSPS) is 16.8. The van der Waals surface area contributed by atoms with Crippen molar-refractivity contribution < 1.29 is 95.3 Å².